The van der Waals surface area contributed by atoms with Crippen LogP contribution >= 0.6 is 0 Å². The van der Waals surface area contributed by atoms with Gasteiger partial charge in [0.15, 0.2) is 0 Å². The minimum atomic E-state index is -0.578. The first kappa shape index (κ1) is 10.7. The lowest BCUT2D eigenvalue weighted by Crippen LogP contribution is -2.15. The average molecular weight is 171 g/mol. The second-order valence-electron chi connectivity index (χ2n) is 2.14. The molecule has 0 aliphatic heterocycles. The number of nitrogens with two attached hydrogens (primary N) is 1. The van der Waals surface area contributed by atoms with E-state index in [1.54, 1.807) is 13.8 Å². The first-order valence-electron chi connectivity index (χ1n) is 3.78. The van der Waals surface area contributed by atoms with Gasteiger partial charge in [-0.3, -0.25) is 4.79 Å². The van der Waals surface area contributed by atoms with E-state index >= 15 is 0 Å². The number of carbonyl (C=O) groups excluding carboxylic acids is 2. The summed E-state index contributed by atoms with van der Waals surface area (Å²) in [6.07, 6.45) is 1.57. The molecule has 0 radical (unpaired) electrons. The lowest BCUT2D eigenvalue weighted by Gasteiger charge is -1.98. The Morgan fingerprint density at radius 2 is 2.00 bits per heavy atom. The third-order valence-corrected chi connectivity index (χ3v) is 1.28. The van der Waals surface area contributed by atoms with Gasteiger partial charge in [0, 0.05) is 11.6 Å². The first-order valence-corrected chi connectivity index (χ1v) is 3.78. The Kier molecular flexibility index (Phi) is 4.76. The van der Waals surface area contributed by atoms with Crippen LogP contribution in [-0.4, -0.2) is 18.5 Å². The molecule has 4 heteroatoms. The maximum Gasteiger partial charge on any atom is 0.331 e. The number of ether oxygens (including phenoxy) is 1. The Labute approximate surface area is 71.4 Å². The van der Waals surface area contributed by atoms with Crippen LogP contribution in [0, 0.1) is 0 Å². The van der Waals surface area contributed by atoms with E-state index in [-0.39, 0.29) is 5.57 Å². The van der Waals surface area contributed by atoms with Gasteiger partial charge in [0.05, 0.1) is 6.61 Å². The number of carbonyl (C=O) groups is 2. The number of esters is 1. The Morgan fingerprint density at radius 1 is 1.42 bits per heavy atom. The Morgan fingerprint density at radius 3 is 2.33 bits per heavy atom. The fourth-order valence-corrected chi connectivity index (χ4v) is 0.674. The maximum atomic E-state index is 10.8. The first-order chi connectivity index (χ1) is 5.61. The number of amides is 1. The summed E-state index contributed by atoms with van der Waals surface area (Å²) in [4.78, 5) is 21.4. The third kappa shape index (κ3) is 3.75. The molecule has 0 saturated heterocycles. The van der Waals surface area contributed by atoms with Crippen LogP contribution in [0.4, 0.5) is 0 Å². The zero-order chi connectivity index (χ0) is 9.56. The molecule has 4 nitrogen and oxygen atoms in total. The molecule has 0 atom stereocenters. The van der Waals surface area contributed by atoms with E-state index in [9.17, 15) is 9.59 Å². The molecular weight excluding hydrogens is 158 g/mol. The summed E-state index contributed by atoms with van der Waals surface area (Å²) in [5, 5.41) is 0. The summed E-state index contributed by atoms with van der Waals surface area (Å²) in [5.74, 6) is -1.10. The van der Waals surface area contributed by atoms with Crippen molar-refractivity contribution in [3.05, 3.63) is 11.6 Å². The van der Waals surface area contributed by atoms with E-state index in [0.717, 1.165) is 6.08 Å². The molecule has 0 fully saturated rings. The second-order valence-corrected chi connectivity index (χ2v) is 2.14. The zero-order valence-corrected chi connectivity index (χ0v) is 7.29. The molecular formula is C8H13NO3. The largest absolute Gasteiger partial charge is 0.463 e. The predicted molar refractivity (Wildman–Crippen MR) is 44.2 cm³/mol. The summed E-state index contributed by atoms with van der Waals surface area (Å²) in [7, 11) is 0. The molecule has 0 aliphatic rings. The molecule has 0 aliphatic carbocycles. The van der Waals surface area contributed by atoms with Gasteiger partial charge in [0.1, 0.15) is 0 Å². The molecule has 1 amide bonds. The smallest absolute Gasteiger partial charge is 0.331 e. The Bertz CT molecular complexity index is 208. The van der Waals surface area contributed by atoms with Crippen LogP contribution in [0.1, 0.15) is 20.3 Å². The molecule has 0 rings (SSSR count). The van der Waals surface area contributed by atoms with Crippen molar-refractivity contribution >= 4 is 11.9 Å². The Balaban J connectivity index is 4.28. The summed E-state index contributed by atoms with van der Waals surface area (Å²) in [5.41, 5.74) is 5.26. The molecule has 0 heterocycles. The lowest BCUT2D eigenvalue weighted by molar-refractivity contribution is -0.137. The number of rotatable bonds is 4. The highest BCUT2D eigenvalue weighted by atomic mass is 16.5. The summed E-state index contributed by atoms with van der Waals surface area (Å²) < 4.78 is 4.60. The molecule has 0 saturated carbocycles. The zero-order valence-electron chi connectivity index (χ0n) is 7.29. The molecule has 12 heavy (non-hydrogen) atoms. The molecule has 0 spiro atoms. The van der Waals surface area contributed by atoms with Crippen LogP contribution in [0.25, 0.3) is 0 Å². The molecule has 0 aromatic rings. The van der Waals surface area contributed by atoms with E-state index in [1.807, 2.05) is 0 Å². The quantitative estimate of drug-likeness (QED) is 0.490. The monoisotopic (exact) mass is 171 g/mol. The van der Waals surface area contributed by atoms with Gasteiger partial charge in [-0.05, 0) is 13.3 Å². The highest BCUT2D eigenvalue weighted by Gasteiger charge is 2.05. The fourth-order valence-electron chi connectivity index (χ4n) is 0.674. The van der Waals surface area contributed by atoms with Gasteiger partial charge in [-0.15, -0.1) is 0 Å². The minimum absolute atomic E-state index is 0.286. The summed E-state index contributed by atoms with van der Waals surface area (Å²) in [6.45, 7) is 3.74. The topological polar surface area (TPSA) is 69.4 Å². The van der Waals surface area contributed by atoms with Crippen molar-refractivity contribution in [3.63, 3.8) is 0 Å². The maximum absolute atomic E-state index is 10.8. The van der Waals surface area contributed by atoms with Gasteiger partial charge in [0.2, 0.25) is 5.91 Å². The van der Waals surface area contributed by atoms with Gasteiger partial charge < -0.3 is 10.5 Å². The molecule has 0 aromatic heterocycles. The van der Waals surface area contributed by atoms with Crippen LogP contribution in [0.2, 0.25) is 0 Å². The van der Waals surface area contributed by atoms with Crippen LogP contribution in [0.15, 0.2) is 11.6 Å². The molecule has 0 unspecified atom stereocenters. The van der Waals surface area contributed by atoms with Crippen LogP contribution in [-0.2, 0) is 14.3 Å². The second kappa shape index (κ2) is 5.35. The predicted octanol–water partition coefficient (Wildman–Crippen LogP) is 0.371. The van der Waals surface area contributed by atoms with Gasteiger partial charge >= 0.3 is 5.97 Å². The molecule has 0 aromatic carbocycles. The van der Waals surface area contributed by atoms with Gasteiger partial charge in [0.25, 0.3) is 0 Å². The molecule has 0 bridgehead atoms. The number of hydrogen-bond donors (Lipinski definition) is 1. The Hall–Kier alpha value is -1.32. The van der Waals surface area contributed by atoms with E-state index in [4.69, 9.17) is 5.73 Å². The van der Waals surface area contributed by atoms with Crippen molar-refractivity contribution in [1.29, 1.82) is 0 Å². The normalized spacial score (nSPS) is 11.0. The number of primary amides is 1. The van der Waals surface area contributed by atoms with Crippen molar-refractivity contribution in [3.8, 4) is 0 Å². The fraction of sp³-hybridized carbons (Fsp3) is 0.500. The van der Waals surface area contributed by atoms with Crippen molar-refractivity contribution in [2.24, 2.45) is 5.73 Å². The van der Waals surface area contributed by atoms with Gasteiger partial charge in [-0.25, -0.2) is 4.79 Å². The van der Waals surface area contributed by atoms with Crippen molar-refractivity contribution in [2.75, 3.05) is 6.61 Å². The van der Waals surface area contributed by atoms with Crippen LogP contribution < -0.4 is 5.73 Å². The van der Waals surface area contributed by atoms with E-state index in [0.29, 0.717) is 13.0 Å². The summed E-state index contributed by atoms with van der Waals surface area (Å²) in [6, 6.07) is 0. The average Bonchev–Trinajstić information content (AvgIpc) is 2.00. The molecule has 2 N–H and O–H groups in total. The standard InChI is InChI=1S/C8H13NO3/c1-3-6(8(9)11)5-7(10)12-4-2/h5H,3-4H2,1-2H3,(H2,9,11)/b6-5-. The SMILES string of the molecule is CCOC(=O)/C=C(/CC)C(N)=O. The number of hydrogen-bond acceptors (Lipinski definition) is 3. The lowest BCUT2D eigenvalue weighted by atomic mass is 10.2. The van der Waals surface area contributed by atoms with Crippen molar-refractivity contribution < 1.29 is 14.3 Å². The van der Waals surface area contributed by atoms with Gasteiger partial charge in [-0.2, -0.15) is 0 Å². The highest BCUT2D eigenvalue weighted by Crippen LogP contribution is 1.99. The van der Waals surface area contributed by atoms with Crippen molar-refractivity contribution in [2.45, 2.75) is 20.3 Å². The van der Waals surface area contributed by atoms with Gasteiger partial charge in [-0.1, -0.05) is 6.92 Å². The van der Waals surface area contributed by atoms with E-state index in [1.165, 1.54) is 0 Å². The van der Waals surface area contributed by atoms with E-state index in [2.05, 4.69) is 4.74 Å². The van der Waals surface area contributed by atoms with Crippen molar-refractivity contribution in [1.82, 2.24) is 0 Å². The van der Waals surface area contributed by atoms with E-state index < -0.39 is 11.9 Å². The molecule has 68 valence electrons. The highest BCUT2D eigenvalue weighted by molar-refractivity contribution is 5.98. The van der Waals surface area contributed by atoms with Crippen LogP contribution in [0.3, 0.4) is 0 Å². The summed E-state index contributed by atoms with van der Waals surface area (Å²) >= 11 is 0. The van der Waals surface area contributed by atoms with Crippen LogP contribution in [0.5, 0.6) is 0 Å². The minimum Gasteiger partial charge on any atom is -0.463 e. The third-order valence-electron chi connectivity index (χ3n) is 1.28.